The number of piperidine rings is 1. The van der Waals surface area contributed by atoms with Crippen LogP contribution in [0, 0.1) is 0 Å². The second kappa shape index (κ2) is 9.26. The van der Waals surface area contributed by atoms with Gasteiger partial charge in [0.1, 0.15) is 18.0 Å². The van der Waals surface area contributed by atoms with Gasteiger partial charge in [0, 0.05) is 7.11 Å². The first kappa shape index (κ1) is 21.5. The van der Waals surface area contributed by atoms with Crippen molar-refractivity contribution < 1.29 is 27.4 Å². The van der Waals surface area contributed by atoms with E-state index in [0.717, 1.165) is 12.1 Å². The first-order valence-corrected chi connectivity index (χ1v) is 7.72. The van der Waals surface area contributed by atoms with Crippen molar-refractivity contribution in [1.82, 2.24) is 10.6 Å². The van der Waals surface area contributed by atoms with Crippen LogP contribution in [-0.4, -0.2) is 44.9 Å². The zero-order valence-electron chi connectivity index (χ0n) is 13.8. The molecule has 2 rings (SSSR count). The molecule has 0 radical (unpaired) electrons. The van der Waals surface area contributed by atoms with Gasteiger partial charge in [-0.2, -0.15) is 13.2 Å². The molecule has 1 saturated heterocycles. The second-order valence-corrected chi connectivity index (χ2v) is 5.57. The normalized spacial score (nSPS) is 16.6. The number of alkyl halides is 3. The molecule has 1 fully saturated rings. The minimum atomic E-state index is -4.37. The smallest absolute Gasteiger partial charge is 0.416 e. The lowest BCUT2D eigenvalue weighted by atomic mass is 9.91. The van der Waals surface area contributed by atoms with E-state index in [2.05, 4.69) is 10.6 Å². The third kappa shape index (κ3) is 5.76. The van der Waals surface area contributed by atoms with Crippen molar-refractivity contribution >= 4 is 18.3 Å². The highest BCUT2D eigenvalue weighted by Crippen LogP contribution is 2.30. The predicted molar refractivity (Wildman–Crippen MR) is 89.0 cm³/mol. The summed E-state index contributed by atoms with van der Waals surface area (Å²) >= 11 is 0. The Kier molecular flexibility index (Phi) is 7.98. The summed E-state index contributed by atoms with van der Waals surface area (Å²) in [6.07, 6.45) is -3.18. The fourth-order valence-electron chi connectivity index (χ4n) is 2.59. The molecule has 1 aliphatic rings. The number of carbonyl (C=O) groups is 1. The van der Waals surface area contributed by atoms with E-state index in [9.17, 15) is 18.0 Å². The van der Waals surface area contributed by atoms with Gasteiger partial charge in [0.2, 0.25) is 0 Å². The van der Waals surface area contributed by atoms with E-state index in [-0.39, 0.29) is 31.5 Å². The molecule has 0 aliphatic carbocycles. The van der Waals surface area contributed by atoms with E-state index in [0.29, 0.717) is 31.7 Å². The van der Waals surface area contributed by atoms with E-state index in [1.807, 2.05) is 0 Å². The van der Waals surface area contributed by atoms with E-state index >= 15 is 0 Å². The van der Waals surface area contributed by atoms with Gasteiger partial charge in [-0.3, -0.25) is 4.79 Å². The monoisotopic (exact) mass is 382 g/mol. The summed E-state index contributed by atoms with van der Waals surface area (Å²) in [5.41, 5.74) is -1.55. The van der Waals surface area contributed by atoms with Crippen molar-refractivity contribution in [3.63, 3.8) is 0 Å². The summed E-state index contributed by atoms with van der Waals surface area (Å²) in [6.45, 7) is 1.83. The number of methoxy groups -OCH3 is 1. The molecule has 1 heterocycles. The van der Waals surface area contributed by atoms with Crippen molar-refractivity contribution in [2.45, 2.75) is 24.6 Å². The summed E-state index contributed by atoms with van der Waals surface area (Å²) < 4.78 is 48.1. The number of hydrogen-bond acceptors (Lipinski definition) is 4. The van der Waals surface area contributed by atoms with Gasteiger partial charge in [0.15, 0.2) is 0 Å². The van der Waals surface area contributed by atoms with Crippen molar-refractivity contribution in [3.8, 4) is 5.75 Å². The molecule has 2 N–H and O–H groups in total. The van der Waals surface area contributed by atoms with Crippen LogP contribution >= 0.6 is 12.4 Å². The van der Waals surface area contributed by atoms with Gasteiger partial charge in [-0.15, -0.1) is 12.4 Å². The van der Waals surface area contributed by atoms with E-state index in [1.54, 1.807) is 0 Å². The van der Waals surface area contributed by atoms with Crippen LogP contribution in [0.15, 0.2) is 24.3 Å². The average molecular weight is 383 g/mol. The number of benzene rings is 1. The van der Waals surface area contributed by atoms with Crippen LogP contribution < -0.4 is 15.4 Å². The molecule has 142 valence electrons. The third-order valence-electron chi connectivity index (χ3n) is 4.05. The van der Waals surface area contributed by atoms with Crippen molar-refractivity contribution in [3.05, 3.63) is 29.8 Å². The molecule has 0 unspecified atom stereocenters. The Morgan fingerprint density at radius 3 is 2.36 bits per heavy atom. The standard InChI is InChI=1S/C16H21F3N2O3.ClH/c1-23-15(6-8-20-9-7-15)14(22)21-10-11-24-13-4-2-12(3-5-13)16(17,18)19;/h2-5,20H,6-11H2,1H3,(H,21,22);1H. The van der Waals surface area contributed by atoms with Crippen LogP contribution in [0.2, 0.25) is 0 Å². The quantitative estimate of drug-likeness (QED) is 0.742. The molecular weight excluding hydrogens is 361 g/mol. The summed E-state index contributed by atoms with van der Waals surface area (Å²) in [4.78, 5) is 12.3. The lowest BCUT2D eigenvalue weighted by molar-refractivity contribution is -0.146. The highest BCUT2D eigenvalue weighted by Gasteiger charge is 2.39. The molecule has 1 amide bonds. The van der Waals surface area contributed by atoms with Crippen molar-refractivity contribution in [2.75, 3.05) is 33.4 Å². The van der Waals surface area contributed by atoms with Crippen LogP contribution in [0.4, 0.5) is 13.2 Å². The summed E-state index contributed by atoms with van der Waals surface area (Å²) in [6, 6.07) is 4.44. The molecular formula is C16H22ClF3N2O3. The number of rotatable bonds is 6. The Morgan fingerprint density at radius 1 is 1.24 bits per heavy atom. The van der Waals surface area contributed by atoms with Crippen LogP contribution in [0.25, 0.3) is 0 Å². The van der Waals surface area contributed by atoms with Crippen molar-refractivity contribution in [1.29, 1.82) is 0 Å². The molecule has 0 spiro atoms. The number of carbonyl (C=O) groups excluding carboxylic acids is 1. The number of nitrogens with one attached hydrogen (secondary N) is 2. The lowest BCUT2D eigenvalue weighted by Gasteiger charge is -2.34. The minimum absolute atomic E-state index is 0. The van der Waals surface area contributed by atoms with Gasteiger partial charge >= 0.3 is 6.18 Å². The Bertz CT molecular complexity index is 547. The fraction of sp³-hybridized carbons (Fsp3) is 0.562. The SMILES string of the molecule is COC1(C(=O)NCCOc2ccc(C(F)(F)F)cc2)CCNCC1.Cl. The van der Waals surface area contributed by atoms with Crippen LogP contribution in [0.1, 0.15) is 18.4 Å². The molecule has 1 aromatic carbocycles. The average Bonchev–Trinajstić information content (AvgIpc) is 2.58. The maximum Gasteiger partial charge on any atom is 0.416 e. The van der Waals surface area contributed by atoms with Gasteiger partial charge in [0.25, 0.3) is 5.91 Å². The summed E-state index contributed by atoms with van der Waals surface area (Å²) in [5, 5.41) is 5.92. The largest absolute Gasteiger partial charge is 0.492 e. The zero-order chi connectivity index (χ0) is 17.6. The van der Waals surface area contributed by atoms with Crippen LogP contribution in [-0.2, 0) is 15.7 Å². The second-order valence-electron chi connectivity index (χ2n) is 5.57. The van der Waals surface area contributed by atoms with Gasteiger partial charge in [-0.25, -0.2) is 0 Å². The summed E-state index contributed by atoms with van der Waals surface area (Å²) in [7, 11) is 1.52. The number of hydrogen-bond donors (Lipinski definition) is 2. The predicted octanol–water partition coefficient (Wildman–Crippen LogP) is 2.39. The van der Waals surface area contributed by atoms with Crippen LogP contribution in [0.5, 0.6) is 5.75 Å². The molecule has 0 saturated carbocycles. The van der Waals surface area contributed by atoms with E-state index in [1.165, 1.54) is 19.2 Å². The molecule has 5 nitrogen and oxygen atoms in total. The van der Waals surface area contributed by atoms with Crippen molar-refractivity contribution in [2.24, 2.45) is 0 Å². The molecule has 0 bridgehead atoms. The van der Waals surface area contributed by atoms with E-state index in [4.69, 9.17) is 9.47 Å². The number of amides is 1. The highest BCUT2D eigenvalue weighted by atomic mass is 35.5. The van der Waals surface area contributed by atoms with Crippen LogP contribution in [0.3, 0.4) is 0 Å². The first-order valence-electron chi connectivity index (χ1n) is 7.72. The third-order valence-corrected chi connectivity index (χ3v) is 4.05. The zero-order valence-corrected chi connectivity index (χ0v) is 14.6. The Labute approximate surface area is 150 Å². The van der Waals surface area contributed by atoms with Gasteiger partial charge < -0.3 is 20.1 Å². The van der Waals surface area contributed by atoms with Gasteiger partial charge in [-0.1, -0.05) is 0 Å². The first-order chi connectivity index (χ1) is 11.4. The highest BCUT2D eigenvalue weighted by molar-refractivity contribution is 5.85. The van der Waals surface area contributed by atoms with Gasteiger partial charge in [0.05, 0.1) is 12.1 Å². The fourth-order valence-corrected chi connectivity index (χ4v) is 2.59. The Hall–Kier alpha value is -1.51. The lowest BCUT2D eigenvalue weighted by Crippen LogP contribution is -2.54. The molecule has 25 heavy (non-hydrogen) atoms. The van der Waals surface area contributed by atoms with E-state index < -0.39 is 17.3 Å². The number of ether oxygens (including phenoxy) is 2. The topological polar surface area (TPSA) is 59.6 Å². The Morgan fingerprint density at radius 2 is 1.84 bits per heavy atom. The molecule has 0 aromatic heterocycles. The Balaban J connectivity index is 0.00000312. The molecule has 9 heteroatoms. The number of halogens is 4. The summed E-state index contributed by atoms with van der Waals surface area (Å²) in [5.74, 6) is 0.128. The maximum atomic E-state index is 12.5. The van der Waals surface area contributed by atoms with Gasteiger partial charge in [-0.05, 0) is 50.2 Å². The molecule has 1 aromatic rings. The maximum absolute atomic E-state index is 12.5. The molecule has 1 aliphatic heterocycles. The molecule has 0 atom stereocenters. The minimum Gasteiger partial charge on any atom is -0.492 e.